The molecule has 0 aromatic heterocycles. The second-order valence-electron chi connectivity index (χ2n) is 4.88. The molecule has 2 rings (SSSR count). The number of thioether (sulfide) groups is 1. The van der Waals surface area contributed by atoms with Crippen molar-refractivity contribution in [1.82, 2.24) is 0 Å². The van der Waals surface area contributed by atoms with Crippen molar-refractivity contribution in [2.24, 2.45) is 5.73 Å². The van der Waals surface area contributed by atoms with E-state index in [1.165, 1.54) is 44.2 Å². The van der Waals surface area contributed by atoms with Gasteiger partial charge in [0.05, 0.1) is 6.54 Å². The summed E-state index contributed by atoms with van der Waals surface area (Å²) in [5.41, 5.74) is 7.29. The van der Waals surface area contributed by atoms with Gasteiger partial charge in [-0.3, -0.25) is 0 Å². The Morgan fingerprint density at radius 2 is 2.05 bits per heavy atom. The fourth-order valence-corrected chi connectivity index (χ4v) is 3.71. The molecular weight excluding hydrogens is 257 g/mol. The lowest BCUT2D eigenvalue weighted by Gasteiger charge is -2.21. The van der Waals surface area contributed by atoms with E-state index in [0.717, 1.165) is 22.1 Å². The topological polar surface area (TPSA) is 26.0 Å². The SMILES string of the molecule is NCC#Cc1cc(F)ccc1CSC1CCCCC1. The summed E-state index contributed by atoms with van der Waals surface area (Å²) in [6, 6.07) is 4.88. The largest absolute Gasteiger partial charge is 0.320 e. The Balaban J connectivity index is 2.02. The first-order chi connectivity index (χ1) is 9.29. The number of nitrogens with two attached hydrogens (primary N) is 1. The van der Waals surface area contributed by atoms with Gasteiger partial charge in [-0.05, 0) is 30.5 Å². The minimum atomic E-state index is -0.229. The van der Waals surface area contributed by atoms with E-state index in [9.17, 15) is 4.39 Å². The normalized spacial score (nSPS) is 15.9. The first-order valence-electron chi connectivity index (χ1n) is 6.88. The summed E-state index contributed by atoms with van der Waals surface area (Å²) in [5, 5.41) is 0.758. The molecule has 0 spiro atoms. The van der Waals surface area contributed by atoms with Crippen molar-refractivity contribution in [3.8, 4) is 11.8 Å². The Morgan fingerprint density at radius 1 is 1.26 bits per heavy atom. The van der Waals surface area contributed by atoms with Gasteiger partial charge in [0, 0.05) is 16.6 Å². The number of hydrogen-bond donors (Lipinski definition) is 1. The Bertz CT molecular complexity index is 469. The summed E-state index contributed by atoms with van der Waals surface area (Å²) < 4.78 is 13.3. The third kappa shape index (κ3) is 4.56. The first kappa shape index (κ1) is 14.4. The predicted molar refractivity (Wildman–Crippen MR) is 80.5 cm³/mol. The van der Waals surface area contributed by atoms with Crippen LogP contribution < -0.4 is 5.73 Å². The second-order valence-corrected chi connectivity index (χ2v) is 6.17. The van der Waals surface area contributed by atoms with Crippen LogP contribution in [0.25, 0.3) is 0 Å². The molecule has 1 aliphatic carbocycles. The maximum atomic E-state index is 13.3. The van der Waals surface area contributed by atoms with E-state index >= 15 is 0 Å². The molecule has 3 heteroatoms. The van der Waals surface area contributed by atoms with Crippen molar-refractivity contribution >= 4 is 11.8 Å². The van der Waals surface area contributed by atoms with E-state index in [-0.39, 0.29) is 5.82 Å². The van der Waals surface area contributed by atoms with Gasteiger partial charge in [0.1, 0.15) is 5.82 Å². The Kier molecular flexibility index (Phi) is 5.75. The van der Waals surface area contributed by atoms with Crippen molar-refractivity contribution in [3.63, 3.8) is 0 Å². The molecule has 1 aromatic rings. The van der Waals surface area contributed by atoms with Gasteiger partial charge >= 0.3 is 0 Å². The lowest BCUT2D eigenvalue weighted by Crippen LogP contribution is -2.08. The van der Waals surface area contributed by atoms with Crippen LogP contribution in [0.5, 0.6) is 0 Å². The quantitative estimate of drug-likeness (QED) is 0.853. The highest BCUT2D eigenvalue weighted by Gasteiger charge is 2.14. The summed E-state index contributed by atoms with van der Waals surface area (Å²) in [7, 11) is 0. The molecule has 1 aromatic carbocycles. The third-order valence-corrected chi connectivity index (χ3v) is 4.84. The minimum absolute atomic E-state index is 0.229. The smallest absolute Gasteiger partial charge is 0.124 e. The average Bonchev–Trinajstić information content (AvgIpc) is 2.45. The van der Waals surface area contributed by atoms with E-state index in [0.29, 0.717) is 6.54 Å². The Labute approximate surface area is 119 Å². The van der Waals surface area contributed by atoms with Gasteiger partial charge < -0.3 is 5.73 Å². The summed E-state index contributed by atoms with van der Waals surface area (Å²) in [6.07, 6.45) is 6.70. The molecule has 0 aliphatic heterocycles. The average molecular weight is 277 g/mol. The molecule has 1 aliphatic rings. The van der Waals surface area contributed by atoms with E-state index in [2.05, 4.69) is 11.8 Å². The maximum Gasteiger partial charge on any atom is 0.124 e. The predicted octanol–water partition coefficient (Wildman–Crippen LogP) is 3.70. The molecule has 102 valence electrons. The van der Waals surface area contributed by atoms with Crippen LogP contribution >= 0.6 is 11.8 Å². The summed E-state index contributed by atoms with van der Waals surface area (Å²) in [5.74, 6) is 6.47. The molecule has 0 unspecified atom stereocenters. The van der Waals surface area contributed by atoms with Gasteiger partial charge in [-0.1, -0.05) is 37.2 Å². The minimum Gasteiger partial charge on any atom is -0.320 e. The zero-order chi connectivity index (χ0) is 13.5. The molecule has 0 radical (unpaired) electrons. The highest BCUT2D eigenvalue weighted by molar-refractivity contribution is 7.99. The molecule has 1 nitrogen and oxygen atoms in total. The van der Waals surface area contributed by atoms with Gasteiger partial charge in [0.15, 0.2) is 0 Å². The molecular formula is C16H20FNS. The van der Waals surface area contributed by atoms with Crippen molar-refractivity contribution < 1.29 is 4.39 Å². The Hall–Kier alpha value is -0.980. The molecule has 1 saturated carbocycles. The highest BCUT2D eigenvalue weighted by atomic mass is 32.2. The Morgan fingerprint density at radius 3 is 2.79 bits per heavy atom. The summed E-state index contributed by atoms with van der Waals surface area (Å²) in [6.45, 7) is 0.311. The lowest BCUT2D eigenvalue weighted by molar-refractivity contribution is 0.516. The van der Waals surface area contributed by atoms with Crippen molar-refractivity contribution in [3.05, 3.63) is 35.1 Å². The molecule has 19 heavy (non-hydrogen) atoms. The lowest BCUT2D eigenvalue weighted by atomic mass is 10.0. The molecule has 0 atom stereocenters. The molecule has 0 amide bonds. The number of rotatable bonds is 3. The van der Waals surface area contributed by atoms with E-state index < -0.39 is 0 Å². The van der Waals surface area contributed by atoms with Crippen LogP contribution in [0.15, 0.2) is 18.2 Å². The monoisotopic (exact) mass is 277 g/mol. The van der Waals surface area contributed by atoms with E-state index in [1.807, 2.05) is 17.8 Å². The van der Waals surface area contributed by atoms with Gasteiger partial charge in [-0.2, -0.15) is 11.8 Å². The summed E-state index contributed by atoms with van der Waals surface area (Å²) >= 11 is 1.98. The molecule has 1 fully saturated rings. The zero-order valence-electron chi connectivity index (χ0n) is 11.1. The van der Waals surface area contributed by atoms with Crippen molar-refractivity contribution in [1.29, 1.82) is 0 Å². The van der Waals surface area contributed by atoms with Crippen LogP contribution in [0.2, 0.25) is 0 Å². The van der Waals surface area contributed by atoms with Gasteiger partial charge in [-0.15, -0.1) is 0 Å². The number of hydrogen-bond acceptors (Lipinski definition) is 2. The second kappa shape index (κ2) is 7.57. The number of halogens is 1. The van der Waals surface area contributed by atoms with Crippen LogP contribution in [0.4, 0.5) is 4.39 Å². The number of benzene rings is 1. The highest BCUT2D eigenvalue weighted by Crippen LogP contribution is 2.31. The summed E-state index contributed by atoms with van der Waals surface area (Å²) in [4.78, 5) is 0. The fourth-order valence-electron chi connectivity index (χ4n) is 2.38. The van der Waals surface area contributed by atoms with Crippen molar-refractivity contribution in [2.45, 2.75) is 43.1 Å². The zero-order valence-corrected chi connectivity index (χ0v) is 11.9. The molecule has 0 heterocycles. The third-order valence-electron chi connectivity index (χ3n) is 3.42. The van der Waals surface area contributed by atoms with E-state index in [4.69, 9.17) is 5.73 Å². The van der Waals surface area contributed by atoms with Crippen LogP contribution in [0.1, 0.15) is 43.2 Å². The van der Waals surface area contributed by atoms with Crippen LogP contribution in [0, 0.1) is 17.7 Å². The molecule has 0 saturated heterocycles. The van der Waals surface area contributed by atoms with E-state index in [1.54, 1.807) is 0 Å². The maximum absolute atomic E-state index is 13.3. The first-order valence-corrected chi connectivity index (χ1v) is 7.93. The van der Waals surface area contributed by atoms with Crippen LogP contribution in [-0.4, -0.2) is 11.8 Å². The van der Waals surface area contributed by atoms with Crippen LogP contribution in [0.3, 0.4) is 0 Å². The standard InChI is InChI=1S/C16H20FNS/c17-15-9-8-14(13(11-15)5-4-10-18)12-19-16-6-2-1-3-7-16/h8-9,11,16H,1-3,6-7,10,12,18H2. The van der Waals surface area contributed by atoms with Crippen molar-refractivity contribution in [2.75, 3.05) is 6.54 Å². The molecule has 2 N–H and O–H groups in total. The van der Waals surface area contributed by atoms with Crippen LogP contribution in [-0.2, 0) is 5.75 Å². The molecule has 0 bridgehead atoms. The fraction of sp³-hybridized carbons (Fsp3) is 0.500. The van der Waals surface area contributed by atoms with Gasteiger partial charge in [-0.25, -0.2) is 4.39 Å². The van der Waals surface area contributed by atoms with Gasteiger partial charge in [0.2, 0.25) is 0 Å². The van der Waals surface area contributed by atoms with Gasteiger partial charge in [0.25, 0.3) is 0 Å².